The van der Waals surface area contributed by atoms with Crippen LogP contribution in [-0.4, -0.2) is 24.4 Å². The van der Waals surface area contributed by atoms with E-state index in [0.29, 0.717) is 13.0 Å². The first-order chi connectivity index (χ1) is 10.5. The van der Waals surface area contributed by atoms with E-state index in [2.05, 4.69) is 26.1 Å². The van der Waals surface area contributed by atoms with Crippen LogP contribution in [0.1, 0.15) is 12.0 Å². The van der Waals surface area contributed by atoms with Crippen molar-refractivity contribution < 1.29 is 9.18 Å². The molecule has 0 aromatic heterocycles. The monoisotopic (exact) mass is 364 g/mol. The minimum absolute atomic E-state index is 0.187. The number of hydrogen-bond donors (Lipinski definition) is 1. The van der Waals surface area contributed by atoms with Crippen LogP contribution >= 0.6 is 15.9 Å². The van der Waals surface area contributed by atoms with Crippen LogP contribution in [0, 0.1) is 5.82 Å². The lowest BCUT2D eigenvalue weighted by Crippen LogP contribution is -2.24. The van der Waals surface area contributed by atoms with Gasteiger partial charge in [0.2, 0.25) is 5.91 Å². The topological polar surface area (TPSA) is 32.3 Å². The van der Waals surface area contributed by atoms with E-state index >= 15 is 0 Å². The molecule has 0 radical (unpaired) electrons. The summed E-state index contributed by atoms with van der Waals surface area (Å²) >= 11 is 3.40. The molecule has 22 heavy (non-hydrogen) atoms. The van der Waals surface area contributed by atoms with Crippen molar-refractivity contribution in [1.82, 2.24) is 4.90 Å². The van der Waals surface area contributed by atoms with Crippen molar-refractivity contribution in [2.24, 2.45) is 0 Å². The van der Waals surface area contributed by atoms with Crippen molar-refractivity contribution in [3.63, 3.8) is 0 Å². The summed E-state index contributed by atoms with van der Waals surface area (Å²) in [5.74, 6) is -0.605. The highest BCUT2D eigenvalue weighted by molar-refractivity contribution is 9.10. The van der Waals surface area contributed by atoms with Crippen LogP contribution in [0.4, 0.5) is 10.1 Å². The Morgan fingerprint density at radius 1 is 1.18 bits per heavy atom. The van der Waals surface area contributed by atoms with E-state index in [0.717, 1.165) is 11.0 Å². The van der Waals surface area contributed by atoms with Gasteiger partial charge in [0.15, 0.2) is 0 Å². The van der Waals surface area contributed by atoms with E-state index in [4.69, 9.17) is 0 Å². The van der Waals surface area contributed by atoms with Gasteiger partial charge in [0.1, 0.15) is 5.82 Å². The largest absolute Gasteiger partial charge is 0.324 e. The number of carbonyl (C=O) groups is 1. The second-order valence-electron chi connectivity index (χ2n) is 5.14. The number of amides is 1. The first-order valence-electron chi connectivity index (χ1n) is 7.02. The van der Waals surface area contributed by atoms with Crippen LogP contribution in [0.3, 0.4) is 0 Å². The number of halogens is 2. The van der Waals surface area contributed by atoms with Gasteiger partial charge in [-0.05, 0) is 36.9 Å². The van der Waals surface area contributed by atoms with E-state index in [9.17, 15) is 9.18 Å². The molecule has 2 rings (SSSR count). The number of carbonyl (C=O) groups excluding carboxylic acids is 1. The molecule has 0 spiro atoms. The molecule has 1 N–H and O–H groups in total. The predicted molar refractivity (Wildman–Crippen MR) is 90.1 cm³/mol. The van der Waals surface area contributed by atoms with Gasteiger partial charge in [-0.1, -0.05) is 40.2 Å². The maximum atomic E-state index is 13.4. The normalized spacial score (nSPS) is 10.7. The number of para-hydroxylation sites is 1. The van der Waals surface area contributed by atoms with Crippen molar-refractivity contribution in [3.05, 3.63) is 64.4 Å². The highest BCUT2D eigenvalue weighted by Crippen LogP contribution is 2.13. The van der Waals surface area contributed by atoms with Gasteiger partial charge >= 0.3 is 0 Å². The molecular weight excluding hydrogens is 347 g/mol. The SMILES string of the molecule is CN(CCC(=O)Nc1ccccc1F)Cc1ccc(Br)cc1. The fraction of sp³-hybridized carbons (Fsp3) is 0.235. The summed E-state index contributed by atoms with van der Waals surface area (Å²) in [6.45, 7) is 1.37. The molecule has 2 aromatic rings. The summed E-state index contributed by atoms with van der Waals surface area (Å²) in [7, 11) is 1.96. The minimum atomic E-state index is -0.418. The lowest BCUT2D eigenvalue weighted by atomic mass is 10.2. The summed E-state index contributed by atoms with van der Waals surface area (Å²) < 4.78 is 14.5. The average molecular weight is 365 g/mol. The van der Waals surface area contributed by atoms with E-state index in [1.165, 1.54) is 11.6 Å². The van der Waals surface area contributed by atoms with E-state index < -0.39 is 5.82 Å². The molecule has 0 saturated heterocycles. The fourth-order valence-corrected chi connectivity index (χ4v) is 2.31. The Hall–Kier alpha value is -1.72. The summed E-state index contributed by atoms with van der Waals surface area (Å²) in [5, 5.41) is 2.59. The number of nitrogens with one attached hydrogen (secondary N) is 1. The highest BCUT2D eigenvalue weighted by atomic mass is 79.9. The van der Waals surface area contributed by atoms with Crippen molar-refractivity contribution >= 4 is 27.5 Å². The molecule has 116 valence electrons. The maximum absolute atomic E-state index is 13.4. The van der Waals surface area contributed by atoms with Crippen LogP contribution in [0.5, 0.6) is 0 Å². The fourth-order valence-electron chi connectivity index (χ4n) is 2.05. The summed E-state index contributed by atoms with van der Waals surface area (Å²) in [6.07, 6.45) is 0.321. The lowest BCUT2D eigenvalue weighted by molar-refractivity contribution is -0.116. The Morgan fingerprint density at radius 3 is 2.55 bits per heavy atom. The van der Waals surface area contributed by atoms with Gasteiger partial charge in [-0.3, -0.25) is 4.79 Å². The predicted octanol–water partition coefficient (Wildman–Crippen LogP) is 4.05. The zero-order valence-electron chi connectivity index (χ0n) is 12.4. The Bertz CT molecular complexity index is 631. The smallest absolute Gasteiger partial charge is 0.225 e. The van der Waals surface area contributed by atoms with Gasteiger partial charge in [-0.25, -0.2) is 4.39 Å². The van der Waals surface area contributed by atoms with Gasteiger partial charge in [0.25, 0.3) is 0 Å². The van der Waals surface area contributed by atoms with Gasteiger partial charge in [0.05, 0.1) is 5.69 Å². The molecule has 0 aliphatic heterocycles. The zero-order chi connectivity index (χ0) is 15.9. The molecule has 0 saturated carbocycles. The van der Waals surface area contributed by atoms with Gasteiger partial charge in [0, 0.05) is 24.0 Å². The van der Waals surface area contributed by atoms with Crippen LogP contribution in [0.2, 0.25) is 0 Å². The Labute approximate surface area is 138 Å². The Kier molecular flexibility index (Phi) is 6.10. The molecule has 0 unspecified atom stereocenters. The molecule has 2 aromatic carbocycles. The molecule has 0 fully saturated rings. The average Bonchev–Trinajstić information content (AvgIpc) is 2.50. The molecular formula is C17H18BrFN2O. The number of benzene rings is 2. The third-order valence-corrected chi connectivity index (χ3v) is 3.76. The molecule has 3 nitrogen and oxygen atoms in total. The van der Waals surface area contributed by atoms with E-state index in [1.807, 2.05) is 31.3 Å². The van der Waals surface area contributed by atoms with Crippen molar-refractivity contribution in [1.29, 1.82) is 0 Å². The summed E-state index contributed by atoms with van der Waals surface area (Å²) in [5.41, 5.74) is 1.41. The molecule has 0 heterocycles. The summed E-state index contributed by atoms with van der Waals surface area (Å²) in [4.78, 5) is 13.9. The second-order valence-corrected chi connectivity index (χ2v) is 6.06. The molecule has 1 amide bonds. The van der Waals surface area contributed by atoms with Crippen LogP contribution < -0.4 is 5.32 Å². The maximum Gasteiger partial charge on any atom is 0.225 e. The van der Waals surface area contributed by atoms with Gasteiger partial charge in [-0.15, -0.1) is 0 Å². The molecule has 0 aliphatic carbocycles. The summed E-state index contributed by atoms with van der Waals surface area (Å²) in [6, 6.07) is 14.2. The van der Waals surface area contributed by atoms with Crippen molar-refractivity contribution in [3.8, 4) is 0 Å². The molecule has 0 aliphatic rings. The van der Waals surface area contributed by atoms with Crippen LogP contribution in [-0.2, 0) is 11.3 Å². The zero-order valence-corrected chi connectivity index (χ0v) is 13.9. The van der Waals surface area contributed by atoms with Gasteiger partial charge in [-0.2, -0.15) is 0 Å². The third-order valence-electron chi connectivity index (χ3n) is 3.23. The standard InChI is InChI=1S/C17H18BrFN2O/c1-21(12-13-6-8-14(18)9-7-13)11-10-17(22)20-16-5-3-2-4-15(16)19/h2-9H,10-12H2,1H3,(H,20,22). The van der Waals surface area contributed by atoms with E-state index in [1.54, 1.807) is 18.2 Å². The van der Waals surface area contributed by atoms with Crippen LogP contribution in [0.25, 0.3) is 0 Å². The number of nitrogens with zero attached hydrogens (tertiary/aromatic N) is 1. The van der Waals surface area contributed by atoms with Crippen molar-refractivity contribution in [2.45, 2.75) is 13.0 Å². The molecule has 0 bridgehead atoms. The lowest BCUT2D eigenvalue weighted by Gasteiger charge is -2.16. The molecule has 0 atom stereocenters. The van der Waals surface area contributed by atoms with Crippen molar-refractivity contribution in [2.75, 3.05) is 18.9 Å². The minimum Gasteiger partial charge on any atom is -0.324 e. The number of rotatable bonds is 6. The Morgan fingerprint density at radius 2 is 1.86 bits per heavy atom. The third kappa shape index (κ3) is 5.24. The molecule has 5 heteroatoms. The van der Waals surface area contributed by atoms with Gasteiger partial charge < -0.3 is 10.2 Å². The first kappa shape index (κ1) is 16.6. The van der Waals surface area contributed by atoms with Crippen LogP contribution in [0.15, 0.2) is 53.0 Å². The Balaban J connectivity index is 1.78. The number of hydrogen-bond acceptors (Lipinski definition) is 2. The second kappa shape index (κ2) is 8.06. The quantitative estimate of drug-likeness (QED) is 0.838. The number of anilines is 1. The highest BCUT2D eigenvalue weighted by Gasteiger charge is 2.08. The first-order valence-corrected chi connectivity index (χ1v) is 7.81. The van der Waals surface area contributed by atoms with E-state index in [-0.39, 0.29) is 11.6 Å².